The highest BCUT2D eigenvalue weighted by molar-refractivity contribution is 5.79. The minimum atomic E-state index is 0.0671. The van der Waals surface area contributed by atoms with Gasteiger partial charge in [-0.15, -0.1) is 0 Å². The average Bonchev–Trinajstić information content (AvgIpc) is 2.32. The van der Waals surface area contributed by atoms with E-state index in [1.807, 2.05) is 36.9 Å². The number of nitrogens with zero attached hydrogens (tertiary/aromatic N) is 2. The number of hydrogen-bond donors (Lipinski definition) is 0. The van der Waals surface area contributed by atoms with Crippen LogP contribution in [-0.2, 0) is 14.1 Å². The molecule has 0 N–H and O–H groups in total. The van der Waals surface area contributed by atoms with Crippen LogP contribution >= 0.6 is 0 Å². The predicted molar refractivity (Wildman–Crippen MR) is 52.9 cm³/mol. The Morgan fingerprint density at radius 2 is 1.85 bits per heavy atom. The summed E-state index contributed by atoms with van der Waals surface area (Å²) in [6.07, 6.45) is 0. The zero-order chi connectivity index (χ0) is 9.59. The lowest BCUT2D eigenvalue weighted by atomic mass is 10.2. The molecular weight excluding hydrogens is 164 g/mol. The van der Waals surface area contributed by atoms with Crippen LogP contribution in [0, 0.1) is 6.92 Å². The smallest absolute Gasteiger partial charge is 0.274 e. The first kappa shape index (κ1) is 8.10. The van der Waals surface area contributed by atoms with Crippen LogP contribution in [0.2, 0.25) is 0 Å². The maximum atomic E-state index is 11.6. The molecule has 0 radical (unpaired) electrons. The normalized spacial score (nSPS) is 11.0. The molecule has 0 amide bonds. The van der Waals surface area contributed by atoms with E-state index < -0.39 is 0 Å². The summed E-state index contributed by atoms with van der Waals surface area (Å²) >= 11 is 0. The summed E-state index contributed by atoms with van der Waals surface area (Å²) in [5, 5.41) is 0.788. The molecule has 1 aromatic heterocycles. The lowest BCUT2D eigenvalue weighted by Gasteiger charge is -1.99. The summed E-state index contributed by atoms with van der Waals surface area (Å²) in [5.74, 6) is 0. The Labute approximate surface area is 76.2 Å². The molecule has 0 saturated heterocycles. The Morgan fingerprint density at radius 1 is 1.15 bits per heavy atom. The number of hydrogen-bond acceptors (Lipinski definition) is 1. The average molecular weight is 176 g/mol. The topological polar surface area (TPSA) is 26.9 Å². The lowest BCUT2D eigenvalue weighted by Crippen LogP contribution is -2.16. The van der Waals surface area contributed by atoms with Crippen molar-refractivity contribution in [1.82, 2.24) is 9.36 Å². The Balaban J connectivity index is 3.04. The molecule has 0 saturated carbocycles. The van der Waals surface area contributed by atoms with E-state index in [9.17, 15) is 4.79 Å². The second-order valence-corrected chi connectivity index (χ2v) is 3.37. The SMILES string of the molecule is Cc1ccc2c(=O)n(C)n(C)c2c1. The highest BCUT2D eigenvalue weighted by Crippen LogP contribution is 2.11. The summed E-state index contributed by atoms with van der Waals surface area (Å²) in [5.41, 5.74) is 2.23. The van der Waals surface area contributed by atoms with E-state index in [0.717, 1.165) is 10.9 Å². The van der Waals surface area contributed by atoms with Crippen LogP contribution in [0.3, 0.4) is 0 Å². The minimum absolute atomic E-state index is 0.0671. The van der Waals surface area contributed by atoms with E-state index in [1.165, 1.54) is 5.56 Å². The van der Waals surface area contributed by atoms with Gasteiger partial charge in [-0.3, -0.25) is 14.2 Å². The minimum Gasteiger partial charge on any atom is -0.285 e. The molecule has 3 heteroatoms. The van der Waals surface area contributed by atoms with E-state index in [-0.39, 0.29) is 5.56 Å². The van der Waals surface area contributed by atoms with Gasteiger partial charge in [-0.1, -0.05) is 6.07 Å². The van der Waals surface area contributed by atoms with Gasteiger partial charge in [0.1, 0.15) is 0 Å². The molecule has 68 valence electrons. The van der Waals surface area contributed by atoms with Crippen molar-refractivity contribution in [2.75, 3.05) is 0 Å². The molecule has 0 aliphatic carbocycles. The molecular formula is C10H12N2O. The van der Waals surface area contributed by atoms with Gasteiger partial charge < -0.3 is 0 Å². The number of benzene rings is 1. The molecule has 0 atom stereocenters. The first-order valence-electron chi connectivity index (χ1n) is 4.23. The summed E-state index contributed by atoms with van der Waals surface area (Å²) in [4.78, 5) is 11.6. The fourth-order valence-electron chi connectivity index (χ4n) is 1.56. The van der Waals surface area contributed by atoms with Crippen LogP contribution in [0.5, 0.6) is 0 Å². The fraction of sp³-hybridized carbons (Fsp3) is 0.300. The first-order valence-corrected chi connectivity index (χ1v) is 4.23. The third-order valence-electron chi connectivity index (χ3n) is 2.48. The molecule has 0 aliphatic rings. The molecule has 13 heavy (non-hydrogen) atoms. The molecule has 1 heterocycles. The van der Waals surface area contributed by atoms with Crippen LogP contribution in [0.25, 0.3) is 10.9 Å². The maximum absolute atomic E-state index is 11.6. The van der Waals surface area contributed by atoms with Crippen molar-refractivity contribution in [3.63, 3.8) is 0 Å². The number of fused-ring (bicyclic) bond motifs is 1. The summed E-state index contributed by atoms with van der Waals surface area (Å²) in [6, 6.07) is 5.87. The van der Waals surface area contributed by atoms with Crippen LogP contribution in [0.15, 0.2) is 23.0 Å². The molecule has 1 aromatic carbocycles. The lowest BCUT2D eigenvalue weighted by molar-refractivity contribution is 0.595. The summed E-state index contributed by atoms with van der Waals surface area (Å²) in [7, 11) is 3.67. The highest BCUT2D eigenvalue weighted by Gasteiger charge is 2.06. The van der Waals surface area contributed by atoms with Gasteiger partial charge in [0.15, 0.2) is 0 Å². The third-order valence-corrected chi connectivity index (χ3v) is 2.48. The second-order valence-electron chi connectivity index (χ2n) is 3.37. The Morgan fingerprint density at radius 3 is 2.54 bits per heavy atom. The van der Waals surface area contributed by atoms with Gasteiger partial charge in [0.2, 0.25) is 0 Å². The van der Waals surface area contributed by atoms with Crippen molar-refractivity contribution >= 4 is 10.9 Å². The van der Waals surface area contributed by atoms with Crippen LogP contribution in [0.4, 0.5) is 0 Å². The van der Waals surface area contributed by atoms with Crippen LogP contribution in [-0.4, -0.2) is 9.36 Å². The van der Waals surface area contributed by atoms with Crippen molar-refractivity contribution in [1.29, 1.82) is 0 Å². The van der Waals surface area contributed by atoms with Crippen LogP contribution < -0.4 is 5.56 Å². The van der Waals surface area contributed by atoms with E-state index in [4.69, 9.17) is 0 Å². The van der Waals surface area contributed by atoms with Gasteiger partial charge in [-0.2, -0.15) is 0 Å². The van der Waals surface area contributed by atoms with E-state index in [2.05, 4.69) is 0 Å². The van der Waals surface area contributed by atoms with E-state index >= 15 is 0 Å². The molecule has 2 rings (SSSR count). The number of aromatic nitrogens is 2. The van der Waals surface area contributed by atoms with Gasteiger partial charge in [0, 0.05) is 14.1 Å². The molecule has 0 spiro atoms. The molecule has 0 fully saturated rings. The van der Waals surface area contributed by atoms with E-state index in [0.29, 0.717) is 0 Å². The largest absolute Gasteiger partial charge is 0.285 e. The number of rotatable bonds is 0. The Bertz CT molecular complexity index is 519. The monoisotopic (exact) mass is 176 g/mol. The molecule has 0 aliphatic heterocycles. The number of aryl methyl sites for hydroxylation is 2. The molecule has 0 bridgehead atoms. The van der Waals surface area contributed by atoms with Gasteiger partial charge in [-0.25, -0.2) is 0 Å². The second kappa shape index (κ2) is 2.49. The van der Waals surface area contributed by atoms with Crippen LogP contribution in [0.1, 0.15) is 5.56 Å². The van der Waals surface area contributed by atoms with Crippen molar-refractivity contribution in [3.8, 4) is 0 Å². The van der Waals surface area contributed by atoms with Gasteiger partial charge in [-0.05, 0) is 24.6 Å². The highest BCUT2D eigenvalue weighted by atomic mass is 16.1. The molecule has 3 nitrogen and oxygen atoms in total. The van der Waals surface area contributed by atoms with Crippen molar-refractivity contribution in [3.05, 3.63) is 34.1 Å². The maximum Gasteiger partial charge on any atom is 0.274 e. The third kappa shape index (κ3) is 1.00. The van der Waals surface area contributed by atoms with Crippen molar-refractivity contribution in [2.24, 2.45) is 14.1 Å². The fourth-order valence-corrected chi connectivity index (χ4v) is 1.56. The summed E-state index contributed by atoms with van der Waals surface area (Å²) in [6.45, 7) is 2.02. The quantitative estimate of drug-likeness (QED) is 0.592. The Hall–Kier alpha value is -1.51. The summed E-state index contributed by atoms with van der Waals surface area (Å²) < 4.78 is 3.48. The van der Waals surface area contributed by atoms with Gasteiger partial charge >= 0.3 is 0 Å². The standard InChI is InChI=1S/C10H12N2O/c1-7-4-5-8-9(6-7)11(2)12(3)10(8)13/h4-6H,1-3H3. The van der Waals surface area contributed by atoms with E-state index in [1.54, 1.807) is 11.7 Å². The van der Waals surface area contributed by atoms with Crippen molar-refractivity contribution < 1.29 is 0 Å². The zero-order valence-corrected chi connectivity index (χ0v) is 8.03. The Kier molecular flexibility index (Phi) is 1.55. The molecule has 0 unspecified atom stereocenters. The zero-order valence-electron chi connectivity index (χ0n) is 8.03. The predicted octanol–water partition coefficient (Wildman–Crippen LogP) is 1.19. The van der Waals surface area contributed by atoms with Gasteiger partial charge in [0.25, 0.3) is 5.56 Å². The first-order chi connectivity index (χ1) is 6.11. The van der Waals surface area contributed by atoms with Crippen molar-refractivity contribution in [2.45, 2.75) is 6.92 Å². The van der Waals surface area contributed by atoms with Gasteiger partial charge in [0.05, 0.1) is 10.9 Å². The molecule has 2 aromatic rings.